The Morgan fingerprint density at radius 3 is 2.25 bits per heavy atom. The van der Waals surface area contributed by atoms with Crippen LogP contribution in [-0.4, -0.2) is 18.3 Å². The third-order valence-electron chi connectivity index (χ3n) is 4.01. The van der Waals surface area contributed by atoms with E-state index < -0.39 is 18.3 Å². The van der Waals surface area contributed by atoms with Gasteiger partial charge in [0.25, 0.3) is 0 Å². The van der Waals surface area contributed by atoms with Crippen LogP contribution in [0, 0.1) is 5.82 Å². The van der Waals surface area contributed by atoms with Gasteiger partial charge in [0.05, 0.1) is 16.2 Å². The summed E-state index contributed by atoms with van der Waals surface area (Å²) in [7, 11) is -0.504. The van der Waals surface area contributed by atoms with Crippen molar-refractivity contribution in [2.45, 2.75) is 45.8 Å². The maximum atomic E-state index is 13.9. The molecule has 1 heterocycles. The van der Waals surface area contributed by atoms with Gasteiger partial charge in [-0.2, -0.15) is 0 Å². The van der Waals surface area contributed by atoms with E-state index in [4.69, 9.17) is 20.9 Å². The molecule has 0 aliphatic carbocycles. The number of allylic oxidation sites excluding steroid dienone is 1. The molecule has 5 heteroatoms. The lowest BCUT2D eigenvalue weighted by atomic mass is 9.85. The second-order valence-electron chi connectivity index (χ2n) is 6.07. The van der Waals surface area contributed by atoms with E-state index in [9.17, 15) is 4.39 Å². The van der Waals surface area contributed by atoms with Crippen LogP contribution in [-0.2, 0) is 9.31 Å². The van der Waals surface area contributed by atoms with Crippen LogP contribution in [0.25, 0.3) is 5.57 Å². The van der Waals surface area contributed by atoms with Crippen LogP contribution >= 0.6 is 11.6 Å². The van der Waals surface area contributed by atoms with Crippen molar-refractivity contribution < 1.29 is 13.7 Å². The van der Waals surface area contributed by atoms with Gasteiger partial charge in [-0.1, -0.05) is 23.6 Å². The Morgan fingerprint density at radius 1 is 1.20 bits per heavy atom. The Morgan fingerprint density at radius 2 is 1.75 bits per heavy atom. The van der Waals surface area contributed by atoms with Gasteiger partial charge in [-0.15, -0.1) is 0 Å². The zero-order chi connectivity index (χ0) is 15.1. The lowest BCUT2D eigenvalue weighted by Gasteiger charge is -2.32. The molecule has 1 fully saturated rings. The maximum Gasteiger partial charge on any atom is 0.487 e. The zero-order valence-corrected chi connectivity index (χ0v) is 13.2. The minimum absolute atomic E-state index is 0.345. The van der Waals surface area contributed by atoms with Crippen LogP contribution in [0.1, 0.15) is 40.2 Å². The summed E-state index contributed by atoms with van der Waals surface area (Å²) >= 11 is 6.06. The Hall–Kier alpha value is -0.835. The summed E-state index contributed by atoms with van der Waals surface area (Å²) in [6.45, 7) is 9.71. The molecule has 2 nitrogen and oxygen atoms in total. The van der Waals surface area contributed by atoms with E-state index in [1.165, 1.54) is 6.07 Å². The Balaban J connectivity index is 2.29. The fraction of sp³-hybridized carbons (Fsp3) is 0.467. The highest BCUT2D eigenvalue weighted by atomic mass is 35.5. The minimum atomic E-state index is -0.504. The van der Waals surface area contributed by atoms with Gasteiger partial charge in [0.15, 0.2) is 0 Å². The quantitative estimate of drug-likeness (QED) is 0.747. The second-order valence-corrected chi connectivity index (χ2v) is 6.48. The number of hydrogen-bond donors (Lipinski definition) is 0. The fourth-order valence-corrected chi connectivity index (χ4v) is 2.43. The molecule has 0 saturated carbocycles. The average molecular weight is 297 g/mol. The minimum Gasteiger partial charge on any atom is -0.400 e. The summed E-state index contributed by atoms with van der Waals surface area (Å²) < 4.78 is 25.6. The molecule has 1 aliphatic heterocycles. The zero-order valence-electron chi connectivity index (χ0n) is 12.5. The summed E-state index contributed by atoms with van der Waals surface area (Å²) in [6, 6.07) is 4.65. The molecule has 0 amide bonds. The molecule has 0 atom stereocenters. The summed E-state index contributed by atoms with van der Waals surface area (Å²) in [5.74, 6) is 1.42. The SMILES string of the molecule is C/C(=C\B1OC(C)(C)C(C)(C)O1)c1c(F)cccc1Cl. The molecular formula is C15H19BClFO2. The van der Waals surface area contributed by atoms with Gasteiger partial charge in [-0.3, -0.25) is 0 Å². The highest BCUT2D eigenvalue weighted by Gasteiger charge is 2.50. The van der Waals surface area contributed by atoms with Gasteiger partial charge in [0.2, 0.25) is 0 Å². The van der Waals surface area contributed by atoms with Crippen LogP contribution in [0.2, 0.25) is 5.02 Å². The molecule has 108 valence electrons. The van der Waals surface area contributed by atoms with Gasteiger partial charge in [-0.25, -0.2) is 4.39 Å². The third-order valence-corrected chi connectivity index (χ3v) is 4.33. The first-order valence-electron chi connectivity index (χ1n) is 6.62. The highest BCUT2D eigenvalue weighted by Crippen LogP contribution is 2.38. The van der Waals surface area contributed by atoms with Crippen molar-refractivity contribution in [2.75, 3.05) is 0 Å². The molecule has 0 aromatic heterocycles. The first-order chi connectivity index (χ1) is 9.14. The van der Waals surface area contributed by atoms with E-state index in [1.807, 2.05) is 27.7 Å². The molecule has 0 unspecified atom stereocenters. The summed E-state index contributed by atoms with van der Waals surface area (Å²) in [6.07, 6.45) is 0. The van der Waals surface area contributed by atoms with E-state index >= 15 is 0 Å². The van der Waals surface area contributed by atoms with Crippen molar-refractivity contribution >= 4 is 24.3 Å². The number of halogens is 2. The average Bonchev–Trinajstić information content (AvgIpc) is 2.46. The normalized spacial score (nSPS) is 21.4. The van der Waals surface area contributed by atoms with E-state index in [2.05, 4.69) is 0 Å². The molecule has 1 aliphatic rings. The van der Waals surface area contributed by atoms with Crippen LogP contribution in [0.4, 0.5) is 4.39 Å². The van der Waals surface area contributed by atoms with Crippen LogP contribution in [0.5, 0.6) is 0 Å². The van der Waals surface area contributed by atoms with E-state index in [-0.39, 0.29) is 5.82 Å². The predicted octanol–water partition coefficient (Wildman–Crippen LogP) is 4.51. The maximum absolute atomic E-state index is 13.9. The fourth-order valence-electron chi connectivity index (χ4n) is 2.12. The first kappa shape index (κ1) is 15.6. The number of benzene rings is 1. The molecule has 1 aromatic carbocycles. The molecule has 0 spiro atoms. The van der Waals surface area contributed by atoms with Crippen molar-refractivity contribution in [1.82, 2.24) is 0 Å². The number of hydrogen-bond acceptors (Lipinski definition) is 2. The Kier molecular flexibility index (Phi) is 4.02. The van der Waals surface area contributed by atoms with Crippen molar-refractivity contribution in [3.05, 3.63) is 40.6 Å². The smallest absolute Gasteiger partial charge is 0.400 e. The van der Waals surface area contributed by atoms with Gasteiger partial charge in [0, 0.05) is 5.56 Å². The molecule has 1 aromatic rings. The molecule has 0 N–H and O–H groups in total. The monoisotopic (exact) mass is 296 g/mol. The predicted molar refractivity (Wildman–Crippen MR) is 81.1 cm³/mol. The second kappa shape index (κ2) is 5.17. The first-order valence-corrected chi connectivity index (χ1v) is 7.00. The highest BCUT2D eigenvalue weighted by molar-refractivity contribution is 6.53. The van der Waals surface area contributed by atoms with Crippen molar-refractivity contribution in [2.24, 2.45) is 0 Å². The van der Waals surface area contributed by atoms with Crippen molar-refractivity contribution in [3.63, 3.8) is 0 Å². The van der Waals surface area contributed by atoms with Gasteiger partial charge < -0.3 is 9.31 Å². The van der Waals surface area contributed by atoms with Gasteiger partial charge in [0.1, 0.15) is 5.82 Å². The topological polar surface area (TPSA) is 18.5 Å². The lowest BCUT2D eigenvalue weighted by Crippen LogP contribution is -2.41. The molecule has 2 rings (SSSR count). The molecular weight excluding hydrogens is 277 g/mol. The number of rotatable bonds is 2. The summed E-state index contributed by atoms with van der Waals surface area (Å²) in [5.41, 5.74) is 0.275. The van der Waals surface area contributed by atoms with Crippen molar-refractivity contribution in [3.8, 4) is 0 Å². The lowest BCUT2D eigenvalue weighted by molar-refractivity contribution is 0.00578. The van der Waals surface area contributed by atoms with Crippen LogP contribution in [0.3, 0.4) is 0 Å². The third kappa shape index (κ3) is 2.78. The molecule has 0 bridgehead atoms. The Bertz CT molecular complexity index is 519. The van der Waals surface area contributed by atoms with Gasteiger partial charge >= 0.3 is 7.12 Å². The van der Waals surface area contributed by atoms with Gasteiger partial charge in [-0.05, 0) is 52.3 Å². The Labute approximate surface area is 125 Å². The van der Waals surface area contributed by atoms with Crippen molar-refractivity contribution in [1.29, 1.82) is 0 Å². The van der Waals surface area contributed by atoms with E-state index in [0.717, 1.165) is 0 Å². The molecule has 1 saturated heterocycles. The van der Waals surface area contributed by atoms with E-state index in [0.29, 0.717) is 16.2 Å². The van der Waals surface area contributed by atoms with E-state index in [1.54, 1.807) is 25.0 Å². The standard InChI is InChI=1S/C15H19BClFO2/c1-10(13-11(17)7-6-8-12(13)18)9-16-19-14(2,3)15(4,5)20-16/h6-9H,1-5H3/b10-9+. The van der Waals surface area contributed by atoms with Crippen LogP contribution in [0.15, 0.2) is 24.2 Å². The largest absolute Gasteiger partial charge is 0.487 e. The molecule has 0 radical (unpaired) electrons. The molecule has 20 heavy (non-hydrogen) atoms. The summed E-state index contributed by atoms with van der Waals surface area (Å²) in [5, 5.41) is 0.385. The summed E-state index contributed by atoms with van der Waals surface area (Å²) in [4.78, 5) is 0. The van der Waals surface area contributed by atoms with Crippen LogP contribution < -0.4 is 0 Å².